The topological polar surface area (TPSA) is 55.8 Å². The quantitative estimate of drug-likeness (QED) is 0.699. The molecule has 0 bridgehead atoms. The molecule has 1 amide bonds. The van der Waals surface area contributed by atoms with Crippen molar-refractivity contribution in [3.63, 3.8) is 0 Å². The van der Waals surface area contributed by atoms with Crippen LogP contribution in [0.3, 0.4) is 0 Å². The molecule has 21 heavy (non-hydrogen) atoms. The predicted molar refractivity (Wildman–Crippen MR) is 78.5 cm³/mol. The number of nitrogens with zero attached hydrogens (tertiary/aromatic N) is 1. The predicted octanol–water partition coefficient (Wildman–Crippen LogP) is 2.38. The van der Waals surface area contributed by atoms with Gasteiger partial charge in [-0.3, -0.25) is 9.59 Å². The molecular weight excluding hydrogens is 345 g/mol. The lowest BCUT2D eigenvalue weighted by molar-refractivity contribution is -0.144. The zero-order valence-corrected chi connectivity index (χ0v) is 13.5. The Hall–Kier alpha value is -1.63. The Kier molecular flexibility index (Phi) is 7.14. The van der Waals surface area contributed by atoms with Gasteiger partial charge in [-0.25, -0.2) is 4.39 Å². The van der Waals surface area contributed by atoms with Gasteiger partial charge in [0.1, 0.15) is 11.6 Å². The lowest BCUT2D eigenvalue weighted by Gasteiger charge is -2.17. The molecule has 0 aliphatic rings. The molecule has 0 spiro atoms. The van der Waals surface area contributed by atoms with E-state index in [2.05, 4.69) is 15.9 Å². The van der Waals surface area contributed by atoms with Gasteiger partial charge in [0.25, 0.3) is 5.91 Å². The zero-order valence-electron chi connectivity index (χ0n) is 11.9. The molecule has 0 atom stereocenters. The minimum absolute atomic E-state index is 0.135. The van der Waals surface area contributed by atoms with Crippen LogP contribution in [0.4, 0.5) is 4.39 Å². The molecule has 7 heteroatoms. The number of benzene rings is 1. The van der Waals surface area contributed by atoms with E-state index >= 15 is 0 Å². The Bertz CT molecular complexity index is 510. The maximum absolute atomic E-state index is 12.9. The number of rotatable bonds is 7. The number of amides is 1. The Morgan fingerprint density at radius 2 is 2.10 bits per heavy atom. The fourth-order valence-corrected chi connectivity index (χ4v) is 1.92. The van der Waals surface area contributed by atoms with Crippen molar-refractivity contribution in [2.45, 2.75) is 13.3 Å². The normalized spacial score (nSPS) is 10.1. The molecule has 0 unspecified atom stereocenters. The van der Waals surface area contributed by atoms with E-state index in [0.29, 0.717) is 16.8 Å². The van der Waals surface area contributed by atoms with Gasteiger partial charge in [-0.1, -0.05) is 0 Å². The minimum atomic E-state index is -0.396. The number of hydrogen-bond donors (Lipinski definition) is 0. The average Bonchev–Trinajstić information content (AvgIpc) is 2.43. The molecule has 0 aliphatic carbocycles. The number of carbonyl (C=O) groups is 2. The van der Waals surface area contributed by atoms with E-state index in [1.54, 1.807) is 14.0 Å². The van der Waals surface area contributed by atoms with Gasteiger partial charge < -0.3 is 14.4 Å². The highest BCUT2D eigenvalue weighted by atomic mass is 79.9. The highest BCUT2D eigenvalue weighted by Gasteiger charge is 2.13. The molecule has 1 rings (SSSR count). The second-order valence-corrected chi connectivity index (χ2v) is 5.09. The van der Waals surface area contributed by atoms with E-state index in [4.69, 9.17) is 9.47 Å². The van der Waals surface area contributed by atoms with Gasteiger partial charge in [0.05, 0.1) is 17.5 Å². The SMILES string of the molecule is CCOC(=O)CCN(C)C(=O)COc1ccc(F)cc1Br. The average molecular weight is 362 g/mol. The Morgan fingerprint density at radius 3 is 2.71 bits per heavy atom. The summed E-state index contributed by atoms with van der Waals surface area (Å²) < 4.78 is 23.4. The first-order valence-electron chi connectivity index (χ1n) is 6.41. The van der Waals surface area contributed by atoms with E-state index in [9.17, 15) is 14.0 Å². The van der Waals surface area contributed by atoms with E-state index < -0.39 is 5.82 Å². The molecule has 0 heterocycles. The number of halogens is 2. The summed E-state index contributed by atoms with van der Waals surface area (Å²) in [6.07, 6.45) is 0.135. The van der Waals surface area contributed by atoms with E-state index in [-0.39, 0.29) is 31.4 Å². The van der Waals surface area contributed by atoms with Crippen LogP contribution in [0.1, 0.15) is 13.3 Å². The fraction of sp³-hybridized carbons (Fsp3) is 0.429. The van der Waals surface area contributed by atoms with Crippen molar-refractivity contribution in [3.05, 3.63) is 28.5 Å². The van der Waals surface area contributed by atoms with Crippen LogP contribution in [0, 0.1) is 5.82 Å². The molecule has 0 saturated heterocycles. The first kappa shape index (κ1) is 17.4. The number of likely N-dealkylation sites (N-methyl/N-ethyl adjacent to an activating group) is 1. The van der Waals surface area contributed by atoms with E-state index in [1.807, 2.05) is 0 Å². The molecular formula is C14H17BrFNO4. The van der Waals surface area contributed by atoms with E-state index in [0.717, 1.165) is 0 Å². The maximum Gasteiger partial charge on any atom is 0.307 e. The maximum atomic E-state index is 12.9. The summed E-state index contributed by atoms with van der Waals surface area (Å²) in [4.78, 5) is 24.4. The second kappa shape index (κ2) is 8.61. The minimum Gasteiger partial charge on any atom is -0.483 e. The lowest BCUT2D eigenvalue weighted by atomic mass is 10.3. The Balaban J connectivity index is 2.40. The van der Waals surface area contributed by atoms with Crippen molar-refractivity contribution < 1.29 is 23.5 Å². The molecule has 0 aliphatic heterocycles. The molecule has 0 radical (unpaired) electrons. The van der Waals surface area contributed by atoms with Crippen molar-refractivity contribution in [3.8, 4) is 5.75 Å². The van der Waals surface area contributed by atoms with Gasteiger partial charge >= 0.3 is 5.97 Å². The summed E-state index contributed by atoms with van der Waals surface area (Å²) in [5, 5.41) is 0. The van der Waals surface area contributed by atoms with E-state index in [1.165, 1.54) is 23.1 Å². The third kappa shape index (κ3) is 6.12. The highest BCUT2D eigenvalue weighted by molar-refractivity contribution is 9.10. The van der Waals surface area contributed by atoms with Gasteiger partial charge in [-0.05, 0) is 41.1 Å². The van der Waals surface area contributed by atoms with Crippen molar-refractivity contribution in [1.29, 1.82) is 0 Å². The first-order chi connectivity index (χ1) is 9.93. The summed E-state index contributed by atoms with van der Waals surface area (Å²) in [5.74, 6) is -0.648. The first-order valence-corrected chi connectivity index (χ1v) is 7.20. The van der Waals surface area contributed by atoms with Gasteiger partial charge in [-0.15, -0.1) is 0 Å². The third-order valence-corrected chi connectivity index (χ3v) is 3.25. The smallest absolute Gasteiger partial charge is 0.307 e. The summed E-state index contributed by atoms with van der Waals surface area (Å²) in [5.41, 5.74) is 0. The van der Waals surface area contributed by atoms with Crippen LogP contribution < -0.4 is 4.74 Å². The molecule has 0 aromatic heterocycles. The molecule has 0 fully saturated rings. The Morgan fingerprint density at radius 1 is 1.38 bits per heavy atom. The monoisotopic (exact) mass is 361 g/mol. The van der Waals surface area contributed by atoms with Gasteiger partial charge in [0, 0.05) is 13.6 Å². The van der Waals surface area contributed by atoms with Crippen LogP contribution in [0.25, 0.3) is 0 Å². The zero-order chi connectivity index (χ0) is 15.8. The highest BCUT2D eigenvalue weighted by Crippen LogP contribution is 2.25. The van der Waals surface area contributed by atoms with Crippen molar-refractivity contribution in [1.82, 2.24) is 4.90 Å². The number of ether oxygens (including phenoxy) is 2. The van der Waals surface area contributed by atoms with Crippen LogP contribution in [0.5, 0.6) is 5.75 Å². The fourth-order valence-electron chi connectivity index (χ4n) is 1.46. The second-order valence-electron chi connectivity index (χ2n) is 4.23. The number of hydrogen-bond acceptors (Lipinski definition) is 4. The summed E-state index contributed by atoms with van der Waals surface area (Å²) in [7, 11) is 1.57. The number of carbonyl (C=O) groups excluding carboxylic acids is 2. The summed E-state index contributed by atoms with van der Waals surface area (Å²) >= 11 is 3.15. The molecule has 0 saturated carbocycles. The van der Waals surface area contributed by atoms with Crippen LogP contribution in [0.2, 0.25) is 0 Å². The molecule has 116 valence electrons. The lowest BCUT2D eigenvalue weighted by Crippen LogP contribution is -2.33. The van der Waals surface area contributed by atoms with Crippen LogP contribution >= 0.6 is 15.9 Å². The van der Waals surface area contributed by atoms with Crippen molar-refractivity contribution >= 4 is 27.8 Å². The summed E-state index contributed by atoms with van der Waals surface area (Å²) in [6.45, 7) is 2.11. The molecule has 1 aromatic carbocycles. The van der Waals surface area contributed by atoms with Crippen LogP contribution in [-0.2, 0) is 14.3 Å². The number of esters is 1. The Labute approximate surface area is 131 Å². The molecule has 1 aromatic rings. The van der Waals surface area contributed by atoms with Crippen molar-refractivity contribution in [2.24, 2.45) is 0 Å². The van der Waals surface area contributed by atoms with Crippen molar-refractivity contribution in [2.75, 3.05) is 26.8 Å². The standard InChI is InChI=1S/C14H17BrFNO4/c1-3-20-14(19)6-7-17(2)13(18)9-21-12-5-4-10(16)8-11(12)15/h4-5,8H,3,6-7,9H2,1-2H3. The molecule has 5 nitrogen and oxygen atoms in total. The van der Waals surface area contributed by atoms with Gasteiger partial charge in [0.15, 0.2) is 6.61 Å². The largest absolute Gasteiger partial charge is 0.483 e. The van der Waals surface area contributed by atoms with Gasteiger partial charge in [-0.2, -0.15) is 0 Å². The van der Waals surface area contributed by atoms with Crippen LogP contribution in [0.15, 0.2) is 22.7 Å². The molecule has 0 N–H and O–H groups in total. The third-order valence-electron chi connectivity index (χ3n) is 2.63. The van der Waals surface area contributed by atoms with Gasteiger partial charge in [0.2, 0.25) is 0 Å². The van der Waals surface area contributed by atoms with Crippen LogP contribution in [-0.4, -0.2) is 43.6 Å². The summed E-state index contributed by atoms with van der Waals surface area (Å²) in [6, 6.07) is 3.94.